The highest BCUT2D eigenvalue weighted by molar-refractivity contribution is 8.77. The number of unbranched alkanes of at least 4 members (excludes halogenated alkanes) is 1. The van der Waals surface area contributed by atoms with E-state index in [1.54, 1.807) is 0 Å². The highest BCUT2D eigenvalue weighted by Gasteiger charge is 2.18. The number of carbonyl (C=O) groups excluding carboxylic acids is 2. The fourth-order valence-corrected chi connectivity index (χ4v) is 5.57. The van der Waals surface area contributed by atoms with Gasteiger partial charge in [0.1, 0.15) is 5.69 Å². The van der Waals surface area contributed by atoms with E-state index in [9.17, 15) is 19.7 Å². The molecule has 1 N–H and O–H groups in total. The number of hydrogen-bond acceptors (Lipinski definition) is 7. The highest BCUT2D eigenvalue weighted by Crippen LogP contribution is 2.39. The smallest absolute Gasteiger partial charge is 0.306 e. The van der Waals surface area contributed by atoms with E-state index >= 15 is 0 Å². The maximum atomic E-state index is 11.8. The first kappa shape index (κ1) is 20.9. The molecule has 1 aliphatic rings. The number of halogens is 1. The lowest BCUT2D eigenvalue weighted by molar-refractivity contribution is -0.383. The normalized spacial score (nSPS) is 16.3. The number of nitrogens with one attached hydrogen (secondary N) is 1. The quantitative estimate of drug-likeness (QED) is 0.208. The molecule has 142 valence electrons. The molecule has 0 unspecified atom stereocenters. The zero-order valence-electron chi connectivity index (χ0n) is 13.9. The van der Waals surface area contributed by atoms with E-state index < -0.39 is 23.4 Å². The zero-order valence-corrected chi connectivity index (χ0v) is 16.3. The van der Waals surface area contributed by atoms with Crippen molar-refractivity contribution in [1.29, 1.82) is 0 Å². The summed E-state index contributed by atoms with van der Waals surface area (Å²) in [7, 11) is 3.80. The van der Waals surface area contributed by atoms with Crippen molar-refractivity contribution in [2.24, 2.45) is 0 Å². The molecule has 10 heteroatoms. The van der Waals surface area contributed by atoms with Crippen LogP contribution in [0.25, 0.3) is 0 Å². The van der Waals surface area contributed by atoms with Gasteiger partial charge in [0.05, 0.1) is 4.92 Å². The van der Waals surface area contributed by atoms with Crippen LogP contribution in [0.4, 0.5) is 11.4 Å². The lowest BCUT2D eigenvalue weighted by Gasteiger charge is -2.08. The molecule has 1 atom stereocenters. The van der Waals surface area contributed by atoms with Crippen LogP contribution in [0, 0.1) is 10.1 Å². The summed E-state index contributed by atoms with van der Waals surface area (Å²) in [5.74, 6) is 0.112. The number of amides is 1. The molecule has 1 fully saturated rings. The van der Waals surface area contributed by atoms with Gasteiger partial charge in [0, 0.05) is 28.5 Å². The molecule has 1 saturated heterocycles. The number of esters is 1. The molecule has 0 aliphatic carbocycles. The summed E-state index contributed by atoms with van der Waals surface area (Å²) in [6.07, 6.45) is 4.25. The predicted molar refractivity (Wildman–Crippen MR) is 105 cm³/mol. The predicted octanol–water partition coefficient (Wildman–Crippen LogP) is 4.44. The monoisotopic (exact) mass is 418 g/mol. The molecule has 0 spiro atoms. The summed E-state index contributed by atoms with van der Waals surface area (Å²) in [4.78, 5) is 33.8. The zero-order chi connectivity index (χ0) is 18.9. The van der Waals surface area contributed by atoms with Crippen LogP contribution in [0.5, 0.6) is 0 Å². The number of nitrogens with zero attached hydrogens (tertiary/aromatic N) is 1. The van der Waals surface area contributed by atoms with E-state index in [1.165, 1.54) is 24.3 Å². The van der Waals surface area contributed by atoms with Gasteiger partial charge in [-0.15, -0.1) is 0 Å². The third-order valence-corrected chi connectivity index (χ3v) is 6.92. The number of nitro groups is 1. The fraction of sp³-hybridized carbons (Fsp3) is 0.500. The molecule has 1 amide bonds. The van der Waals surface area contributed by atoms with Crippen molar-refractivity contribution < 1.29 is 19.2 Å². The van der Waals surface area contributed by atoms with Gasteiger partial charge in [0.2, 0.25) is 0 Å². The van der Waals surface area contributed by atoms with Crippen molar-refractivity contribution in [3.05, 3.63) is 33.3 Å². The van der Waals surface area contributed by atoms with Crippen molar-refractivity contribution in [3.63, 3.8) is 0 Å². The molecule has 1 aromatic carbocycles. The molecule has 1 heterocycles. The number of ether oxygens (including phenoxy) is 1. The van der Waals surface area contributed by atoms with E-state index in [1.807, 2.05) is 21.6 Å². The topological polar surface area (TPSA) is 98.5 Å². The summed E-state index contributed by atoms with van der Waals surface area (Å²) < 4.78 is 4.92. The van der Waals surface area contributed by atoms with E-state index in [4.69, 9.17) is 16.3 Å². The molecule has 1 aromatic rings. The Balaban J connectivity index is 1.68. The second-order valence-corrected chi connectivity index (χ2v) is 8.93. The first-order chi connectivity index (χ1) is 12.5. The Morgan fingerprint density at radius 2 is 2.19 bits per heavy atom. The molecule has 26 heavy (non-hydrogen) atoms. The average molecular weight is 419 g/mol. The van der Waals surface area contributed by atoms with Crippen LogP contribution in [-0.2, 0) is 14.3 Å². The van der Waals surface area contributed by atoms with Crippen molar-refractivity contribution in [2.45, 2.75) is 37.4 Å². The Labute approximate surface area is 164 Å². The van der Waals surface area contributed by atoms with E-state index in [-0.39, 0.29) is 22.8 Å². The first-order valence-corrected chi connectivity index (χ1v) is 10.9. The molecule has 0 saturated carbocycles. The fourth-order valence-electron chi connectivity index (χ4n) is 2.37. The minimum Gasteiger partial charge on any atom is -0.456 e. The summed E-state index contributed by atoms with van der Waals surface area (Å²) in [5, 5.41) is 14.2. The second kappa shape index (κ2) is 10.6. The van der Waals surface area contributed by atoms with Gasteiger partial charge in [-0.3, -0.25) is 19.7 Å². The Bertz CT molecular complexity index is 668. The number of hydrogen-bond donors (Lipinski definition) is 1. The van der Waals surface area contributed by atoms with Crippen LogP contribution in [-0.4, -0.2) is 34.4 Å². The molecule has 0 aromatic heterocycles. The van der Waals surface area contributed by atoms with Crippen LogP contribution in [0.15, 0.2) is 18.2 Å². The number of rotatable bonds is 9. The van der Waals surface area contributed by atoms with Gasteiger partial charge in [-0.25, -0.2) is 0 Å². The van der Waals surface area contributed by atoms with Gasteiger partial charge in [0.15, 0.2) is 6.61 Å². The Morgan fingerprint density at radius 1 is 1.38 bits per heavy atom. The van der Waals surface area contributed by atoms with Crippen molar-refractivity contribution in [3.8, 4) is 0 Å². The average Bonchev–Trinajstić information content (AvgIpc) is 3.12. The van der Waals surface area contributed by atoms with Crippen LogP contribution in [0.1, 0.15) is 32.1 Å². The molecule has 7 nitrogen and oxygen atoms in total. The lowest BCUT2D eigenvalue weighted by Crippen LogP contribution is -2.21. The highest BCUT2D eigenvalue weighted by atomic mass is 35.5. The number of anilines is 1. The largest absolute Gasteiger partial charge is 0.456 e. The van der Waals surface area contributed by atoms with Gasteiger partial charge in [-0.2, -0.15) is 0 Å². The maximum absolute atomic E-state index is 11.8. The van der Waals surface area contributed by atoms with E-state index in [0.717, 1.165) is 25.3 Å². The number of benzene rings is 1. The molecule has 2 rings (SSSR count). The van der Waals surface area contributed by atoms with Gasteiger partial charge in [-0.05, 0) is 31.4 Å². The summed E-state index contributed by atoms with van der Waals surface area (Å²) in [5.41, 5.74) is -0.312. The maximum Gasteiger partial charge on any atom is 0.306 e. The third-order valence-electron chi connectivity index (χ3n) is 3.68. The second-order valence-electron chi connectivity index (χ2n) is 5.70. The molecular formula is C16H19ClN2O5S2. The van der Waals surface area contributed by atoms with Gasteiger partial charge in [0.25, 0.3) is 11.6 Å². The minimum atomic E-state index is -0.644. The third kappa shape index (κ3) is 7.05. The van der Waals surface area contributed by atoms with Gasteiger partial charge in [-0.1, -0.05) is 39.6 Å². The van der Waals surface area contributed by atoms with Gasteiger partial charge < -0.3 is 10.1 Å². The van der Waals surface area contributed by atoms with Crippen molar-refractivity contribution in [2.75, 3.05) is 17.7 Å². The first-order valence-electron chi connectivity index (χ1n) is 8.13. The summed E-state index contributed by atoms with van der Waals surface area (Å²) in [6.45, 7) is -0.478. The standard InChI is InChI=1S/C16H19ClN2O5S2/c17-11-5-6-13(14(9-11)19(22)23)18-15(20)10-24-16(21)4-2-1-3-12-7-8-25-26-12/h5-6,9,12H,1-4,7-8,10H2,(H,18,20)/t12-/m0/s1. The molecule has 0 bridgehead atoms. The Kier molecular flexibility index (Phi) is 8.53. The molecule has 0 radical (unpaired) electrons. The van der Waals surface area contributed by atoms with Crippen LogP contribution in [0.2, 0.25) is 5.02 Å². The van der Waals surface area contributed by atoms with Gasteiger partial charge >= 0.3 is 5.97 Å². The Morgan fingerprint density at radius 3 is 2.88 bits per heavy atom. The van der Waals surface area contributed by atoms with Crippen LogP contribution >= 0.6 is 33.2 Å². The number of nitro benzene ring substituents is 1. The molecule has 1 aliphatic heterocycles. The SMILES string of the molecule is O=C(COC(=O)CCCC[C@H]1CCSS1)Nc1ccc(Cl)cc1[N+](=O)[O-]. The minimum absolute atomic E-state index is 0.00684. The number of carbonyl (C=O) groups is 2. The van der Waals surface area contributed by atoms with Crippen molar-refractivity contribution in [1.82, 2.24) is 0 Å². The Hall–Kier alpha value is -1.45. The van der Waals surface area contributed by atoms with Crippen LogP contribution in [0.3, 0.4) is 0 Å². The summed E-state index contributed by atoms with van der Waals surface area (Å²) in [6, 6.07) is 3.90. The van der Waals surface area contributed by atoms with E-state index in [2.05, 4.69) is 5.32 Å². The molecular weight excluding hydrogens is 400 g/mol. The van der Waals surface area contributed by atoms with Crippen molar-refractivity contribution >= 4 is 56.4 Å². The summed E-state index contributed by atoms with van der Waals surface area (Å²) >= 11 is 5.71. The lowest BCUT2D eigenvalue weighted by atomic mass is 10.1. The van der Waals surface area contributed by atoms with Crippen LogP contribution < -0.4 is 5.32 Å². The van der Waals surface area contributed by atoms with E-state index in [0.29, 0.717) is 5.25 Å².